The zero-order valence-corrected chi connectivity index (χ0v) is 21.7. The van der Waals surface area contributed by atoms with Crippen LogP contribution in [0, 0.1) is 12.8 Å². The van der Waals surface area contributed by atoms with E-state index in [0.29, 0.717) is 32.0 Å². The topological polar surface area (TPSA) is 90.0 Å². The molecule has 3 heterocycles. The molecule has 194 valence electrons. The van der Waals surface area contributed by atoms with Crippen LogP contribution in [-0.2, 0) is 4.74 Å². The van der Waals surface area contributed by atoms with Crippen molar-refractivity contribution in [3.8, 4) is 11.1 Å². The molecule has 2 saturated heterocycles. The first-order valence-corrected chi connectivity index (χ1v) is 13.3. The number of ether oxygens (including phenoxy) is 1. The number of carbonyl (C=O) groups is 1. The van der Waals surface area contributed by atoms with Crippen molar-refractivity contribution in [3.05, 3.63) is 35.9 Å². The molecule has 8 heteroatoms. The molecular formula is C28H39N5O3. The monoisotopic (exact) mass is 493 g/mol. The molecule has 1 saturated carbocycles. The van der Waals surface area contributed by atoms with Gasteiger partial charge in [0.1, 0.15) is 11.6 Å². The molecular weight excluding hydrogens is 454 g/mol. The largest absolute Gasteiger partial charge is 0.393 e. The molecule has 0 spiro atoms. The standard InChI is InChI=1S/C28H39N5O3/c1-4-20-7-8-33(18-20)27(35)29-22-6-5-19(2)24(15-22)21-13-25(31-28(3)16-23(34)17-28)30-26(14-21)32-9-11-36-12-10-32/h5-6,13-15,20,23,34H,4,7-12,16-18H2,1-3H3,(H,29,35)(H,30,31)/t20-,23-,28+/m1/s1. The van der Waals surface area contributed by atoms with Gasteiger partial charge in [-0.1, -0.05) is 19.4 Å². The molecule has 1 aliphatic carbocycles. The van der Waals surface area contributed by atoms with Crippen molar-refractivity contribution in [3.63, 3.8) is 0 Å². The molecule has 2 aromatic rings. The number of hydrogen-bond donors (Lipinski definition) is 3. The number of aliphatic hydroxyl groups is 1. The predicted molar refractivity (Wildman–Crippen MR) is 144 cm³/mol. The minimum Gasteiger partial charge on any atom is -0.393 e. The number of morpholine rings is 1. The van der Waals surface area contributed by atoms with E-state index in [1.807, 2.05) is 11.0 Å². The molecule has 0 radical (unpaired) electrons. The Labute approximate surface area is 214 Å². The van der Waals surface area contributed by atoms with E-state index in [4.69, 9.17) is 9.72 Å². The normalized spacial score (nSPS) is 26.0. The van der Waals surface area contributed by atoms with Crippen LogP contribution in [0.4, 0.5) is 22.1 Å². The highest BCUT2D eigenvalue weighted by Gasteiger charge is 2.39. The molecule has 1 atom stereocenters. The first kappa shape index (κ1) is 24.8. The van der Waals surface area contributed by atoms with Gasteiger partial charge in [-0.15, -0.1) is 0 Å². The van der Waals surface area contributed by atoms with Crippen LogP contribution in [-0.4, -0.2) is 72.1 Å². The summed E-state index contributed by atoms with van der Waals surface area (Å²) in [5.41, 5.74) is 3.90. The van der Waals surface area contributed by atoms with Gasteiger partial charge >= 0.3 is 6.03 Å². The second-order valence-corrected chi connectivity index (χ2v) is 10.9. The van der Waals surface area contributed by atoms with Crippen molar-refractivity contribution < 1.29 is 14.6 Å². The highest BCUT2D eigenvalue weighted by molar-refractivity contribution is 5.91. The molecule has 36 heavy (non-hydrogen) atoms. The number of aliphatic hydroxyl groups excluding tert-OH is 1. The summed E-state index contributed by atoms with van der Waals surface area (Å²) in [6.07, 6.45) is 3.36. The van der Waals surface area contributed by atoms with Crippen LogP contribution < -0.4 is 15.5 Å². The number of likely N-dealkylation sites (tertiary alicyclic amines) is 1. The molecule has 1 aromatic heterocycles. The van der Waals surface area contributed by atoms with Gasteiger partial charge in [-0.2, -0.15) is 0 Å². The number of carbonyl (C=O) groups excluding carboxylic acids is 1. The lowest BCUT2D eigenvalue weighted by Gasteiger charge is -2.43. The average Bonchev–Trinajstić information content (AvgIpc) is 3.34. The Kier molecular flexibility index (Phi) is 7.08. The summed E-state index contributed by atoms with van der Waals surface area (Å²) in [6.45, 7) is 11.0. The fraction of sp³-hybridized carbons (Fsp3) is 0.571. The summed E-state index contributed by atoms with van der Waals surface area (Å²) in [4.78, 5) is 22.0. The van der Waals surface area contributed by atoms with Crippen molar-refractivity contribution in [1.82, 2.24) is 9.88 Å². The molecule has 0 unspecified atom stereocenters. The van der Waals surface area contributed by atoms with Crippen LogP contribution in [0.5, 0.6) is 0 Å². The molecule has 3 N–H and O–H groups in total. The second-order valence-electron chi connectivity index (χ2n) is 10.9. The molecule has 2 amide bonds. The number of urea groups is 1. The van der Waals surface area contributed by atoms with Gasteiger partial charge in [-0.25, -0.2) is 9.78 Å². The van der Waals surface area contributed by atoms with Gasteiger partial charge in [-0.05, 0) is 80.0 Å². The van der Waals surface area contributed by atoms with Crippen molar-refractivity contribution in [2.24, 2.45) is 5.92 Å². The van der Waals surface area contributed by atoms with Crippen molar-refractivity contribution in [2.75, 3.05) is 54.9 Å². The van der Waals surface area contributed by atoms with Gasteiger partial charge in [0, 0.05) is 37.4 Å². The van der Waals surface area contributed by atoms with Crippen molar-refractivity contribution in [2.45, 2.75) is 58.1 Å². The summed E-state index contributed by atoms with van der Waals surface area (Å²) >= 11 is 0. The van der Waals surface area contributed by atoms with Crippen LogP contribution in [0.15, 0.2) is 30.3 Å². The Morgan fingerprint density at radius 1 is 1.19 bits per heavy atom. The number of nitrogens with zero attached hydrogens (tertiary/aromatic N) is 3. The fourth-order valence-corrected chi connectivity index (χ4v) is 5.65. The van der Waals surface area contributed by atoms with Crippen LogP contribution >= 0.6 is 0 Å². The third-order valence-corrected chi connectivity index (χ3v) is 7.90. The minimum atomic E-state index is -0.254. The zero-order valence-electron chi connectivity index (χ0n) is 21.7. The zero-order chi connectivity index (χ0) is 25.3. The van der Waals surface area contributed by atoms with Crippen LogP contribution in [0.1, 0.15) is 45.1 Å². The Morgan fingerprint density at radius 3 is 2.67 bits per heavy atom. The number of aryl methyl sites for hydroxylation is 1. The van der Waals surface area contributed by atoms with Gasteiger partial charge in [0.05, 0.1) is 19.3 Å². The van der Waals surface area contributed by atoms with Gasteiger partial charge in [0.25, 0.3) is 0 Å². The highest BCUT2D eigenvalue weighted by atomic mass is 16.5. The van der Waals surface area contributed by atoms with Gasteiger partial charge in [-0.3, -0.25) is 0 Å². The number of aromatic nitrogens is 1. The Morgan fingerprint density at radius 2 is 1.97 bits per heavy atom. The maximum atomic E-state index is 12.9. The third kappa shape index (κ3) is 5.44. The van der Waals surface area contributed by atoms with Crippen LogP contribution in [0.2, 0.25) is 0 Å². The highest BCUT2D eigenvalue weighted by Crippen LogP contribution is 2.37. The van der Waals surface area contributed by atoms with E-state index < -0.39 is 0 Å². The predicted octanol–water partition coefficient (Wildman–Crippen LogP) is 4.48. The molecule has 8 nitrogen and oxygen atoms in total. The number of anilines is 3. The fourth-order valence-electron chi connectivity index (χ4n) is 5.65. The van der Waals surface area contributed by atoms with E-state index in [1.165, 1.54) is 0 Å². The van der Waals surface area contributed by atoms with Crippen molar-refractivity contribution >= 4 is 23.4 Å². The molecule has 1 aromatic carbocycles. The SMILES string of the molecule is CC[C@@H]1CCN(C(=O)Nc2ccc(C)c(-c3cc(N[C@]4(C)C[C@H](O)C4)nc(N4CCOCC4)c3)c2)C1. The quantitative estimate of drug-likeness (QED) is 0.550. The van der Waals surface area contributed by atoms with Crippen LogP contribution in [0.3, 0.4) is 0 Å². The average molecular weight is 494 g/mol. The molecule has 2 aliphatic heterocycles. The number of hydrogen-bond acceptors (Lipinski definition) is 6. The van der Waals surface area contributed by atoms with Gasteiger partial charge < -0.3 is 30.3 Å². The number of amides is 2. The third-order valence-electron chi connectivity index (χ3n) is 7.90. The molecule has 5 rings (SSSR count). The molecule has 3 fully saturated rings. The number of benzene rings is 1. The second kappa shape index (κ2) is 10.3. The van der Waals surface area contributed by atoms with E-state index in [9.17, 15) is 9.90 Å². The first-order chi connectivity index (χ1) is 17.3. The smallest absolute Gasteiger partial charge is 0.321 e. The lowest BCUT2D eigenvalue weighted by Crippen LogP contribution is -2.50. The van der Waals surface area contributed by atoms with Crippen LogP contribution in [0.25, 0.3) is 11.1 Å². The van der Waals surface area contributed by atoms with Gasteiger partial charge in [0.15, 0.2) is 0 Å². The first-order valence-electron chi connectivity index (χ1n) is 13.3. The summed E-state index contributed by atoms with van der Waals surface area (Å²) in [5.74, 6) is 2.32. The van der Waals surface area contributed by atoms with E-state index >= 15 is 0 Å². The van der Waals surface area contributed by atoms with Gasteiger partial charge in [0.2, 0.25) is 0 Å². The molecule has 3 aliphatic rings. The van der Waals surface area contributed by atoms with E-state index in [-0.39, 0.29) is 17.7 Å². The Hall–Kier alpha value is -2.84. The maximum absolute atomic E-state index is 12.9. The molecule has 0 bridgehead atoms. The Balaban J connectivity index is 1.42. The summed E-state index contributed by atoms with van der Waals surface area (Å²) < 4.78 is 5.56. The lowest BCUT2D eigenvalue weighted by molar-refractivity contribution is 0.0421. The van der Waals surface area contributed by atoms with E-state index in [2.05, 4.69) is 60.6 Å². The van der Waals surface area contributed by atoms with Crippen molar-refractivity contribution in [1.29, 1.82) is 0 Å². The Bertz CT molecular complexity index is 1090. The van der Waals surface area contributed by atoms with E-state index in [1.54, 1.807) is 0 Å². The lowest BCUT2D eigenvalue weighted by atomic mass is 9.76. The number of nitrogens with one attached hydrogen (secondary N) is 2. The number of pyridine rings is 1. The number of rotatable bonds is 6. The van der Waals surface area contributed by atoms with E-state index in [0.717, 1.165) is 73.0 Å². The summed E-state index contributed by atoms with van der Waals surface area (Å²) in [5, 5.41) is 16.6. The maximum Gasteiger partial charge on any atom is 0.321 e. The summed E-state index contributed by atoms with van der Waals surface area (Å²) in [7, 11) is 0. The summed E-state index contributed by atoms with van der Waals surface area (Å²) in [6, 6.07) is 10.3. The minimum absolute atomic E-state index is 0.0247.